The van der Waals surface area contributed by atoms with Crippen molar-refractivity contribution in [1.29, 1.82) is 0 Å². The van der Waals surface area contributed by atoms with Crippen molar-refractivity contribution in [3.05, 3.63) is 30.6 Å². The SMILES string of the molecule is NNc1cnn2ccccc12. The van der Waals surface area contributed by atoms with Gasteiger partial charge in [0.05, 0.1) is 17.4 Å². The van der Waals surface area contributed by atoms with E-state index in [1.807, 2.05) is 24.4 Å². The lowest BCUT2D eigenvalue weighted by Gasteiger charge is -1.94. The smallest absolute Gasteiger partial charge is 0.0948 e. The van der Waals surface area contributed by atoms with Crippen LogP contribution in [0.25, 0.3) is 5.52 Å². The van der Waals surface area contributed by atoms with E-state index < -0.39 is 0 Å². The van der Waals surface area contributed by atoms with E-state index in [1.54, 1.807) is 10.7 Å². The zero-order valence-corrected chi connectivity index (χ0v) is 5.86. The predicted molar refractivity (Wildman–Crippen MR) is 43.0 cm³/mol. The monoisotopic (exact) mass is 148 g/mol. The Morgan fingerprint density at radius 1 is 1.45 bits per heavy atom. The van der Waals surface area contributed by atoms with Gasteiger partial charge in [-0.1, -0.05) is 6.07 Å². The van der Waals surface area contributed by atoms with Crippen molar-refractivity contribution < 1.29 is 0 Å². The number of anilines is 1. The molecule has 0 bridgehead atoms. The summed E-state index contributed by atoms with van der Waals surface area (Å²) in [6.45, 7) is 0. The molecule has 4 heteroatoms. The number of nitrogens with two attached hydrogens (primary N) is 1. The number of hydrogen-bond donors (Lipinski definition) is 2. The molecule has 0 spiro atoms. The van der Waals surface area contributed by atoms with Crippen molar-refractivity contribution in [2.45, 2.75) is 0 Å². The number of pyridine rings is 1. The summed E-state index contributed by atoms with van der Waals surface area (Å²) in [6.07, 6.45) is 3.56. The van der Waals surface area contributed by atoms with Crippen LogP contribution < -0.4 is 11.3 Å². The van der Waals surface area contributed by atoms with Crippen LogP contribution in [0.2, 0.25) is 0 Å². The molecule has 0 saturated carbocycles. The molecule has 3 N–H and O–H groups in total. The van der Waals surface area contributed by atoms with Crippen molar-refractivity contribution in [1.82, 2.24) is 9.61 Å². The first-order valence-electron chi connectivity index (χ1n) is 3.31. The van der Waals surface area contributed by atoms with Gasteiger partial charge in [0, 0.05) is 6.20 Å². The standard InChI is InChI=1S/C7H8N4/c8-10-6-5-9-11-4-2-1-3-7(6)11/h1-5,10H,8H2. The maximum atomic E-state index is 5.26. The largest absolute Gasteiger partial charge is 0.321 e. The number of nitrogens with one attached hydrogen (secondary N) is 1. The van der Waals surface area contributed by atoms with Gasteiger partial charge in [0.2, 0.25) is 0 Å². The fraction of sp³-hybridized carbons (Fsp3) is 0. The van der Waals surface area contributed by atoms with Crippen LogP contribution in [0.3, 0.4) is 0 Å². The first kappa shape index (κ1) is 6.18. The molecule has 0 aliphatic rings. The Hall–Kier alpha value is -1.55. The average Bonchev–Trinajstić information content (AvgIpc) is 2.47. The Bertz CT molecular complexity index is 365. The lowest BCUT2D eigenvalue weighted by molar-refractivity contribution is 0.961. The Balaban J connectivity index is 2.76. The summed E-state index contributed by atoms with van der Waals surface area (Å²) in [5.41, 5.74) is 4.39. The molecule has 0 aliphatic carbocycles. The number of hydrazine groups is 1. The van der Waals surface area contributed by atoms with E-state index in [0.717, 1.165) is 11.2 Å². The van der Waals surface area contributed by atoms with E-state index in [1.165, 1.54) is 0 Å². The molecule has 0 fully saturated rings. The summed E-state index contributed by atoms with van der Waals surface area (Å²) in [4.78, 5) is 0. The summed E-state index contributed by atoms with van der Waals surface area (Å²) >= 11 is 0. The van der Waals surface area contributed by atoms with Crippen molar-refractivity contribution in [2.75, 3.05) is 5.43 Å². The van der Waals surface area contributed by atoms with Gasteiger partial charge in [0.1, 0.15) is 0 Å². The normalized spacial score (nSPS) is 10.3. The Kier molecular flexibility index (Phi) is 1.26. The first-order chi connectivity index (χ1) is 5.42. The second-order valence-electron chi connectivity index (χ2n) is 2.23. The molecule has 0 radical (unpaired) electrons. The number of fused-ring (bicyclic) bond motifs is 1. The third kappa shape index (κ3) is 0.841. The van der Waals surface area contributed by atoms with E-state index in [4.69, 9.17) is 5.84 Å². The van der Waals surface area contributed by atoms with Gasteiger partial charge in [-0.15, -0.1) is 0 Å². The Morgan fingerprint density at radius 2 is 2.36 bits per heavy atom. The van der Waals surface area contributed by atoms with Crippen molar-refractivity contribution >= 4 is 11.2 Å². The van der Waals surface area contributed by atoms with Gasteiger partial charge in [0.25, 0.3) is 0 Å². The average molecular weight is 148 g/mol. The lowest BCUT2D eigenvalue weighted by atomic mass is 10.4. The molecule has 0 amide bonds. The van der Waals surface area contributed by atoms with E-state index in [2.05, 4.69) is 10.5 Å². The molecule has 4 nitrogen and oxygen atoms in total. The zero-order valence-electron chi connectivity index (χ0n) is 5.86. The highest BCUT2D eigenvalue weighted by Crippen LogP contribution is 2.13. The minimum Gasteiger partial charge on any atom is -0.321 e. The van der Waals surface area contributed by atoms with Gasteiger partial charge in [-0.05, 0) is 12.1 Å². The third-order valence-corrected chi connectivity index (χ3v) is 1.58. The van der Waals surface area contributed by atoms with Crippen LogP contribution in [0.4, 0.5) is 5.69 Å². The minimum absolute atomic E-state index is 0.839. The lowest BCUT2D eigenvalue weighted by Crippen LogP contribution is -2.05. The number of hydrogen-bond acceptors (Lipinski definition) is 3. The predicted octanol–water partition coefficient (Wildman–Crippen LogP) is 0.620. The number of rotatable bonds is 1. The van der Waals surface area contributed by atoms with E-state index in [-0.39, 0.29) is 0 Å². The van der Waals surface area contributed by atoms with Crippen LogP contribution in [0, 0.1) is 0 Å². The fourth-order valence-corrected chi connectivity index (χ4v) is 1.05. The topological polar surface area (TPSA) is 55.3 Å². The molecular formula is C7H8N4. The van der Waals surface area contributed by atoms with Crippen molar-refractivity contribution in [3.8, 4) is 0 Å². The van der Waals surface area contributed by atoms with Gasteiger partial charge >= 0.3 is 0 Å². The molecule has 56 valence electrons. The Labute approximate surface area is 63.6 Å². The highest BCUT2D eigenvalue weighted by molar-refractivity contribution is 5.70. The summed E-state index contributed by atoms with van der Waals surface area (Å²) in [7, 11) is 0. The second kappa shape index (κ2) is 2.25. The van der Waals surface area contributed by atoms with Gasteiger partial charge in [-0.2, -0.15) is 5.10 Å². The molecule has 2 aromatic heterocycles. The molecule has 2 heterocycles. The van der Waals surface area contributed by atoms with E-state index >= 15 is 0 Å². The highest BCUT2D eigenvalue weighted by atomic mass is 15.3. The summed E-state index contributed by atoms with van der Waals surface area (Å²) in [6, 6.07) is 5.81. The minimum atomic E-state index is 0.839. The van der Waals surface area contributed by atoms with Gasteiger partial charge in [-0.25, -0.2) is 4.52 Å². The fourth-order valence-electron chi connectivity index (χ4n) is 1.05. The van der Waals surface area contributed by atoms with Crippen molar-refractivity contribution in [3.63, 3.8) is 0 Å². The summed E-state index contributed by atoms with van der Waals surface area (Å²) in [5.74, 6) is 5.26. The third-order valence-electron chi connectivity index (χ3n) is 1.58. The molecule has 2 aromatic rings. The number of nitrogens with zero attached hydrogens (tertiary/aromatic N) is 2. The Morgan fingerprint density at radius 3 is 3.18 bits per heavy atom. The summed E-state index contributed by atoms with van der Waals surface area (Å²) < 4.78 is 1.76. The first-order valence-corrected chi connectivity index (χ1v) is 3.31. The van der Waals surface area contributed by atoms with Crippen molar-refractivity contribution in [2.24, 2.45) is 5.84 Å². The molecule has 0 atom stereocenters. The number of nitrogen functional groups attached to an aromatic ring is 1. The molecule has 0 aromatic carbocycles. The zero-order chi connectivity index (χ0) is 7.68. The molecular weight excluding hydrogens is 140 g/mol. The molecule has 0 unspecified atom stereocenters. The maximum Gasteiger partial charge on any atom is 0.0948 e. The molecule has 2 rings (SSSR count). The highest BCUT2D eigenvalue weighted by Gasteiger charge is 1.98. The van der Waals surface area contributed by atoms with Crippen LogP contribution >= 0.6 is 0 Å². The van der Waals surface area contributed by atoms with Crippen LogP contribution in [0.15, 0.2) is 30.6 Å². The molecule has 0 aliphatic heterocycles. The van der Waals surface area contributed by atoms with Crippen LogP contribution in [-0.4, -0.2) is 9.61 Å². The van der Waals surface area contributed by atoms with Crippen LogP contribution in [0.5, 0.6) is 0 Å². The number of aromatic nitrogens is 2. The van der Waals surface area contributed by atoms with Gasteiger partial charge in [-0.3, -0.25) is 5.84 Å². The quantitative estimate of drug-likeness (QED) is 0.460. The van der Waals surface area contributed by atoms with Crippen LogP contribution in [-0.2, 0) is 0 Å². The van der Waals surface area contributed by atoms with Crippen LogP contribution in [0.1, 0.15) is 0 Å². The van der Waals surface area contributed by atoms with E-state index in [0.29, 0.717) is 0 Å². The second-order valence-corrected chi connectivity index (χ2v) is 2.23. The molecule has 11 heavy (non-hydrogen) atoms. The van der Waals surface area contributed by atoms with Gasteiger partial charge in [0.15, 0.2) is 0 Å². The van der Waals surface area contributed by atoms with E-state index in [9.17, 15) is 0 Å². The van der Waals surface area contributed by atoms with Gasteiger partial charge < -0.3 is 5.43 Å². The molecule has 0 saturated heterocycles. The maximum absolute atomic E-state index is 5.26. The summed E-state index contributed by atoms with van der Waals surface area (Å²) in [5, 5.41) is 4.06.